The normalized spacial score (nSPS) is 21.1. The second-order valence-electron chi connectivity index (χ2n) is 4.42. The van der Waals surface area contributed by atoms with Crippen molar-refractivity contribution in [3.8, 4) is 5.75 Å². The first-order chi connectivity index (χ1) is 9.01. The van der Waals surface area contributed by atoms with Gasteiger partial charge in [-0.2, -0.15) is 0 Å². The van der Waals surface area contributed by atoms with Gasteiger partial charge in [0.05, 0.1) is 5.69 Å². The predicted molar refractivity (Wildman–Crippen MR) is 73.8 cm³/mol. The number of hydrogen-bond acceptors (Lipinski definition) is 4. The maximum atomic E-state index is 10.9. The van der Waals surface area contributed by atoms with Crippen molar-refractivity contribution in [1.29, 1.82) is 0 Å². The molecule has 2 aromatic carbocycles. The van der Waals surface area contributed by atoms with Gasteiger partial charge in [0.25, 0.3) is 0 Å². The minimum absolute atomic E-state index is 0.0930. The van der Waals surface area contributed by atoms with E-state index in [9.17, 15) is 10.2 Å². The average molecular weight is 275 g/mol. The summed E-state index contributed by atoms with van der Waals surface area (Å²) in [6.45, 7) is 0. The van der Waals surface area contributed by atoms with Crippen molar-refractivity contribution in [3.63, 3.8) is 0 Å². The van der Waals surface area contributed by atoms with Gasteiger partial charge in [-0.15, -0.1) is 0 Å². The lowest BCUT2D eigenvalue weighted by Gasteiger charge is -2.24. The van der Waals surface area contributed by atoms with Crippen molar-refractivity contribution in [3.05, 3.63) is 58.6 Å². The molecule has 19 heavy (non-hydrogen) atoms. The molecule has 1 unspecified atom stereocenters. The van der Waals surface area contributed by atoms with Crippen LogP contribution in [0.3, 0.4) is 0 Å². The standard InChI is InChI=1S/C14H11ClN2O2/c15-9-3-6-12-11(7-9)14(19,13(16)17-12)8-1-4-10(18)5-2-8/h1-7,18-19H,(H2,16,17). The van der Waals surface area contributed by atoms with E-state index in [4.69, 9.17) is 17.3 Å². The Morgan fingerprint density at radius 3 is 2.47 bits per heavy atom. The molecule has 2 aromatic rings. The molecule has 0 spiro atoms. The average Bonchev–Trinajstić information content (AvgIpc) is 2.64. The summed E-state index contributed by atoms with van der Waals surface area (Å²) >= 11 is 5.97. The zero-order valence-electron chi connectivity index (χ0n) is 9.84. The van der Waals surface area contributed by atoms with E-state index in [0.29, 0.717) is 21.8 Å². The highest BCUT2D eigenvalue weighted by atomic mass is 35.5. The highest BCUT2D eigenvalue weighted by molar-refractivity contribution is 6.30. The number of nitrogens with zero attached hydrogens (tertiary/aromatic N) is 1. The Hall–Kier alpha value is -2.04. The molecule has 96 valence electrons. The summed E-state index contributed by atoms with van der Waals surface area (Å²) < 4.78 is 0. The first-order valence-corrected chi connectivity index (χ1v) is 6.06. The largest absolute Gasteiger partial charge is 0.508 e. The smallest absolute Gasteiger partial charge is 0.174 e. The molecule has 1 aliphatic heterocycles. The number of aliphatic hydroxyl groups is 1. The third-order valence-corrected chi connectivity index (χ3v) is 3.48. The number of phenols is 1. The summed E-state index contributed by atoms with van der Waals surface area (Å²) in [5.41, 5.74) is 6.05. The Bertz CT molecular complexity index is 682. The lowest BCUT2D eigenvalue weighted by Crippen LogP contribution is -2.39. The Labute approximate surface area is 114 Å². The fourth-order valence-electron chi connectivity index (χ4n) is 2.25. The number of rotatable bonds is 1. The zero-order chi connectivity index (χ0) is 13.6. The van der Waals surface area contributed by atoms with Gasteiger partial charge in [-0.1, -0.05) is 23.7 Å². The number of amidine groups is 1. The van der Waals surface area contributed by atoms with Crippen molar-refractivity contribution in [2.75, 3.05) is 0 Å². The number of halogens is 1. The number of phenolic OH excluding ortho intramolecular Hbond substituents is 1. The van der Waals surface area contributed by atoms with Crippen molar-refractivity contribution in [2.24, 2.45) is 10.7 Å². The van der Waals surface area contributed by atoms with E-state index in [1.54, 1.807) is 30.3 Å². The van der Waals surface area contributed by atoms with E-state index in [1.807, 2.05) is 0 Å². The SMILES string of the molecule is NC1=Nc2ccc(Cl)cc2C1(O)c1ccc(O)cc1. The minimum Gasteiger partial charge on any atom is -0.508 e. The fraction of sp³-hybridized carbons (Fsp3) is 0.0714. The van der Waals surface area contributed by atoms with Crippen LogP contribution in [0.2, 0.25) is 5.02 Å². The van der Waals surface area contributed by atoms with Crippen molar-refractivity contribution in [1.82, 2.24) is 0 Å². The molecule has 5 heteroatoms. The maximum Gasteiger partial charge on any atom is 0.174 e. The van der Waals surface area contributed by atoms with Gasteiger partial charge in [-0.25, -0.2) is 4.99 Å². The number of hydrogen-bond donors (Lipinski definition) is 3. The lowest BCUT2D eigenvalue weighted by molar-refractivity contribution is 0.158. The summed E-state index contributed by atoms with van der Waals surface area (Å²) in [5, 5.41) is 20.7. The molecule has 0 aromatic heterocycles. The van der Waals surface area contributed by atoms with E-state index in [0.717, 1.165) is 0 Å². The van der Waals surface area contributed by atoms with E-state index in [-0.39, 0.29) is 11.6 Å². The molecule has 3 rings (SSSR count). The summed E-state index contributed by atoms with van der Waals surface area (Å²) in [6.07, 6.45) is 0. The van der Waals surface area contributed by atoms with Crippen LogP contribution in [0.1, 0.15) is 11.1 Å². The number of nitrogens with two attached hydrogens (primary N) is 1. The second-order valence-corrected chi connectivity index (χ2v) is 4.85. The second kappa shape index (κ2) is 3.98. The number of aliphatic imine (C=N–C) groups is 1. The Balaban J connectivity index is 2.22. The van der Waals surface area contributed by atoms with Crippen LogP contribution in [-0.4, -0.2) is 16.0 Å². The van der Waals surface area contributed by atoms with Gasteiger partial charge in [0, 0.05) is 10.6 Å². The monoisotopic (exact) mass is 274 g/mol. The molecule has 4 N–H and O–H groups in total. The Morgan fingerprint density at radius 2 is 1.79 bits per heavy atom. The molecule has 0 fully saturated rings. The predicted octanol–water partition coefficient (Wildman–Crippen LogP) is 2.28. The molecule has 0 aliphatic carbocycles. The first kappa shape index (κ1) is 12.0. The fourth-order valence-corrected chi connectivity index (χ4v) is 2.42. The van der Waals surface area contributed by atoms with Crippen LogP contribution in [0.5, 0.6) is 5.75 Å². The molecule has 1 aliphatic rings. The van der Waals surface area contributed by atoms with Crippen LogP contribution < -0.4 is 5.73 Å². The van der Waals surface area contributed by atoms with Gasteiger partial charge >= 0.3 is 0 Å². The van der Waals surface area contributed by atoms with Crippen LogP contribution in [0.4, 0.5) is 5.69 Å². The van der Waals surface area contributed by atoms with Crippen LogP contribution in [0.15, 0.2) is 47.5 Å². The van der Waals surface area contributed by atoms with Gasteiger partial charge in [-0.05, 0) is 35.9 Å². The van der Waals surface area contributed by atoms with Crippen molar-refractivity contribution in [2.45, 2.75) is 5.60 Å². The number of aromatic hydroxyl groups is 1. The minimum atomic E-state index is -1.51. The van der Waals surface area contributed by atoms with Crippen molar-refractivity contribution >= 4 is 23.1 Å². The molecule has 1 atom stereocenters. The van der Waals surface area contributed by atoms with Crippen molar-refractivity contribution < 1.29 is 10.2 Å². The molecular formula is C14H11ClN2O2. The van der Waals surface area contributed by atoms with Crippen LogP contribution in [-0.2, 0) is 5.60 Å². The summed E-state index contributed by atoms with van der Waals surface area (Å²) in [6, 6.07) is 11.2. The van der Waals surface area contributed by atoms with E-state index in [2.05, 4.69) is 4.99 Å². The van der Waals surface area contributed by atoms with Gasteiger partial charge in [0.2, 0.25) is 0 Å². The van der Waals surface area contributed by atoms with E-state index < -0.39 is 5.60 Å². The molecule has 0 saturated heterocycles. The maximum absolute atomic E-state index is 10.9. The van der Waals surface area contributed by atoms with E-state index in [1.165, 1.54) is 12.1 Å². The molecule has 0 amide bonds. The lowest BCUT2D eigenvalue weighted by atomic mass is 9.86. The molecule has 0 radical (unpaired) electrons. The first-order valence-electron chi connectivity index (χ1n) is 5.68. The van der Waals surface area contributed by atoms with Crippen LogP contribution >= 0.6 is 11.6 Å². The van der Waals surface area contributed by atoms with Gasteiger partial charge < -0.3 is 15.9 Å². The highest BCUT2D eigenvalue weighted by Crippen LogP contribution is 2.43. The Kier molecular flexibility index (Phi) is 2.52. The van der Waals surface area contributed by atoms with Crippen LogP contribution in [0.25, 0.3) is 0 Å². The molecule has 0 bridgehead atoms. The zero-order valence-corrected chi connectivity index (χ0v) is 10.6. The molecular weight excluding hydrogens is 264 g/mol. The highest BCUT2D eigenvalue weighted by Gasteiger charge is 2.42. The summed E-state index contributed by atoms with van der Waals surface area (Å²) in [7, 11) is 0. The molecule has 0 saturated carbocycles. The van der Waals surface area contributed by atoms with E-state index >= 15 is 0 Å². The molecule has 1 heterocycles. The van der Waals surface area contributed by atoms with Crippen LogP contribution in [0, 0.1) is 0 Å². The number of benzene rings is 2. The Morgan fingerprint density at radius 1 is 1.11 bits per heavy atom. The molecule has 4 nitrogen and oxygen atoms in total. The quantitative estimate of drug-likeness (QED) is 0.746. The summed E-state index contributed by atoms with van der Waals surface area (Å²) in [5.74, 6) is 0.211. The van der Waals surface area contributed by atoms with Gasteiger partial charge in [0.1, 0.15) is 11.6 Å². The van der Waals surface area contributed by atoms with Gasteiger partial charge in [0.15, 0.2) is 5.60 Å². The summed E-state index contributed by atoms with van der Waals surface area (Å²) in [4.78, 5) is 4.17. The van der Waals surface area contributed by atoms with Gasteiger partial charge in [-0.3, -0.25) is 0 Å². The third kappa shape index (κ3) is 1.69. The third-order valence-electron chi connectivity index (χ3n) is 3.25. The topological polar surface area (TPSA) is 78.8 Å². The number of fused-ring (bicyclic) bond motifs is 1.